The number of likely N-dealkylation sites (tertiary alicyclic amines) is 1. The van der Waals surface area contributed by atoms with Crippen molar-refractivity contribution in [2.24, 2.45) is 10.7 Å². The summed E-state index contributed by atoms with van der Waals surface area (Å²) in [5.74, 6) is 0.238. The van der Waals surface area contributed by atoms with Crippen LogP contribution in [0.5, 0.6) is 0 Å². The standard InChI is InChI=1S/C23H25Cl3N4O/c1-23(13-20(31)30(22(27)28-23)15-8-10-29(2)11-9-15)18-5-3-4-16(21(18)26)17-12-14(24)6-7-19(17)25/h3-7,12,15H,8-11,13H2,1-2H3,(H2,27,28)/t23-/m0/s1. The van der Waals surface area contributed by atoms with Crippen molar-refractivity contribution in [1.82, 2.24) is 9.80 Å². The van der Waals surface area contributed by atoms with E-state index < -0.39 is 5.54 Å². The monoisotopic (exact) mass is 478 g/mol. The summed E-state index contributed by atoms with van der Waals surface area (Å²) >= 11 is 19.4. The number of piperidine rings is 1. The Hall–Kier alpha value is -1.79. The number of guanidine groups is 1. The summed E-state index contributed by atoms with van der Waals surface area (Å²) in [4.78, 5) is 21.9. The van der Waals surface area contributed by atoms with Gasteiger partial charge >= 0.3 is 0 Å². The minimum atomic E-state index is -0.860. The van der Waals surface area contributed by atoms with Crippen LogP contribution in [0.3, 0.4) is 0 Å². The summed E-state index contributed by atoms with van der Waals surface area (Å²) in [6.07, 6.45) is 1.98. The molecule has 0 aromatic heterocycles. The maximum absolute atomic E-state index is 13.2. The van der Waals surface area contributed by atoms with Crippen LogP contribution in [0.1, 0.15) is 31.7 Å². The first-order valence-electron chi connectivity index (χ1n) is 10.3. The molecule has 0 unspecified atom stereocenters. The average Bonchev–Trinajstić information content (AvgIpc) is 2.71. The first kappa shape index (κ1) is 22.4. The molecule has 1 fully saturated rings. The highest BCUT2D eigenvalue weighted by Gasteiger charge is 2.41. The predicted molar refractivity (Wildman–Crippen MR) is 128 cm³/mol. The Morgan fingerprint density at radius 3 is 2.48 bits per heavy atom. The molecule has 4 rings (SSSR count). The van der Waals surface area contributed by atoms with Crippen LogP contribution in [0.25, 0.3) is 11.1 Å². The molecule has 2 aliphatic heterocycles. The number of carbonyl (C=O) groups excluding carboxylic acids is 1. The highest BCUT2D eigenvalue weighted by Crippen LogP contribution is 2.43. The second-order valence-electron chi connectivity index (χ2n) is 8.51. The van der Waals surface area contributed by atoms with Crippen molar-refractivity contribution in [3.05, 3.63) is 57.0 Å². The van der Waals surface area contributed by atoms with Crippen LogP contribution in [0.2, 0.25) is 15.1 Å². The van der Waals surface area contributed by atoms with E-state index in [1.54, 1.807) is 23.1 Å². The number of aliphatic imine (C=N–C) groups is 1. The van der Waals surface area contributed by atoms with Gasteiger partial charge in [-0.25, -0.2) is 4.99 Å². The van der Waals surface area contributed by atoms with Crippen LogP contribution < -0.4 is 5.73 Å². The summed E-state index contributed by atoms with van der Waals surface area (Å²) in [5.41, 5.74) is 7.70. The van der Waals surface area contributed by atoms with E-state index in [0.29, 0.717) is 15.1 Å². The molecular formula is C23H25Cl3N4O. The van der Waals surface area contributed by atoms with Gasteiger partial charge in [-0.05, 0) is 63.7 Å². The van der Waals surface area contributed by atoms with Gasteiger partial charge in [-0.15, -0.1) is 0 Å². The number of hydrogen-bond acceptors (Lipinski definition) is 4. The van der Waals surface area contributed by atoms with Crippen LogP contribution in [-0.4, -0.2) is 47.8 Å². The van der Waals surface area contributed by atoms with Gasteiger partial charge in [0.2, 0.25) is 5.91 Å². The fourth-order valence-electron chi connectivity index (χ4n) is 4.51. The van der Waals surface area contributed by atoms with Gasteiger partial charge in [0.15, 0.2) is 5.96 Å². The third-order valence-electron chi connectivity index (χ3n) is 6.22. The molecule has 31 heavy (non-hydrogen) atoms. The molecule has 8 heteroatoms. The second kappa shape index (κ2) is 8.62. The maximum Gasteiger partial charge on any atom is 0.232 e. The van der Waals surface area contributed by atoms with Crippen LogP contribution in [-0.2, 0) is 10.3 Å². The molecule has 2 heterocycles. The van der Waals surface area contributed by atoms with Crippen LogP contribution >= 0.6 is 34.8 Å². The minimum absolute atomic E-state index is 0.0215. The number of nitrogens with zero attached hydrogens (tertiary/aromatic N) is 3. The van der Waals surface area contributed by atoms with Crippen LogP contribution in [0.4, 0.5) is 0 Å². The SMILES string of the molecule is CN1CCC(N2C(=O)C[C@@](C)(c3cccc(-c4cc(Cl)ccc4Cl)c3Cl)N=C2N)CC1. The topological polar surface area (TPSA) is 61.9 Å². The molecule has 0 bridgehead atoms. The number of carbonyl (C=O) groups is 1. The van der Waals surface area contributed by atoms with E-state index >= 15 is 0 Å². The van der Waals surface area contributed by atoms with E-state index in [2.05, 4.69) is 11.9 Å². The van der Waals surface area contributed by atoms with Crippen molar-refractivity contribution in [3.63, 3.8) is 0 Å². The molecule has 2 aromatic carbocycles. The van der Waals surface area contributed by atoms with Crippen molar-refractivity contribution >= 4 is 46.7 Å². The lowest BCUT2D eigenvalue weighted by Gasteiger charge is -2.42. The largest absolute Gasteiger partial charge is 0.369 e. The van der Waals surface area contributed by atoms with Gasteiger partial charge in [0.1, 0.15) is 0 Å². The summed E-state index contributed by atoms with van der Waals surface area (Å²) in [7, 11) is 2.09. The number of rotatable bonds is 3. The van der Waals surface area contributed by atoms with Gasteiger partial charge in [0.05, 0.1) is 17.0 Å². The molecule has 2 aliphatic rings. The van der Waals surface area contributed by atoms with Crippen molar-refractivity contribution in [3.8, 4) is 11.1 Å². The molecular weight excluding hydrogens is 455 g/mol. The van der Waals surface area contributed by atoms with E-state index in [4.69, 9.17) is 45.5 Å². The quantitative estimate of drug-likeness (QED) is 0.660. The third kappa shape index (κ3) is 4.29. The second-order valence-corrected chi connectivity index (χ2v) is 9.73. The Bertz CT molecular complexity index is 1050. The number of benzene rings is 2. The smallest absolute Gasteiger partial charge is 0.232 e. The zero-order chi connectivity index (χ0) is 22.3. The molecule has 0 aliphatic carbocycles. The Morgan fingerprint density at radius 2 is 1.81 bits per heavy atom. The van der Waals surface area contributed by atoms with Gasteiger partial charge < -0.3 is 10.6 Å². The lowest BCUT2D eigenvalue weighted by atomic mass is 9.85. The number of hydrogen-bond donors (Lipinski definition) is 1. The Morgan fingerprint density at radius 1 is 1.10 bits per heavy atom. The van der Waals surface area contributed by atoms with Gasteiger partial charge in [0.25, 0.3) is 0 Å². The highest BCUT2D eigenvalue weighted by molar-refractivity contribution is 6.38. The van der Waals surface area contributed by atoms with E-state index in [-0.39, 0.29) is 24.3 Å². The van der Waals surface area contributed by atoms with E-state index in [0.717, 1.165) is 42.6 Å². The Labute approximate surface area is 197 Å². The lowest BCUT2D eigenvalue weighted by Crippen LogP contribution is -2.56. The summed E-state index contributed by atoms with van der Waals surface area (Å²) in [5, 5.41) is 1.60. The van der Waals surface area contributed by atoms with Gasteiger partial charge in [-0.2, -0.15) is 0 Å². The molecule has 1 amide bonds. The van der Waals surface area contributed by atoms with Gasteiger partial charge in [0, 0.05) is 27.2 Å². The maximum atomic E-state index is 13.2. The summed E-state index contributed by atoms with van der Waals surface area (Å²) in [6, 6.07) is 11.0. The predicted octanol–water partition coefficient (Wildman–Crippen LogP) is 5.17. The Balaban J connectivity index is 1.72. The molecule has 1 atom stereocenters. The molecule has 0 radical (unpaired) electrons. The highest BCUT2D eigenvalue weighted by atomic mass is 35.5. The fraction of sp³-hybridized carbons (Fsp3) is 0.391. The number of nitrogens with two attached hydrogens (primary N) is 1. The molecule has 1 saturated heterocycles. The molecule has 164 valence electrons. The first-order valence-corrected chi connectivity index (χ1v) is 11.4. The molecule has 2 aromatic rings. The van der Waals surface area contributed by atoms with E-state index in [1.807, 2.05) is 25.1 Å². The fourth-order valence-corrected chi connectivity index (χ4v) is 5.34. The first-order chi connectivity index (χ1) is 14.7. The lowest BCUT2D eigenvalue weighted by molar-refractivity contribution is -0.132. The zero-order valence-electron chi connectivity index (χ0n) is 17.5. The normalized spacial score (nSPS) is 23.2. The summed E-state index contributed by atoms with van der Waals surface area (Å²) < 4.78 is 0. The number of amides is 1. The molecule has 2 N–H and O–H groups in total. The van der Waals surface area contributed by atoms with Crippen molar-refractivity contribution in [1.29, 1.82) is 0 Å². The minimum Gasteiger partial charge on any atom is -0.369 e. The van der Waals surface area contributed by atoms with E-state index in [1.165, 1.54) is 0 Å². The van der Waals surface area contributed by atoms with E-state index in [9.17, 15) is 4.79 Å². The average molecular weight is 480 g/mol. The zero-order valence-corrected chi connectivity index (χ0v) is 19.8. The van der Waals surface area contributed by atoms with Crippen LogP contribution in [0, 0.1) is 0 Å². The Kier molecular flexibility index (Phi) is 6.23. The molecule has 0 spiro atoms. The van der Waals surface area contributed by atoms with Gasteiger partial charge in [-0.3, -0.25) is 9.69 Å². The van der Waals surface area contributed by atoms with Crippen molar-refractivity contribution in [2.45, 2.75) is 37.8 Å². The third-order valence-corrected chi connectivity index (χ3v) is 7.19. The summed E-state index contributed by atoms with van der Waals surface area (Å²) in [6.45, 7) is 3.77. The molecule has 0 saturated carbocycles. The molecule has 5 nitrogen and oxygen atoms in total. The van der Waals surface area contributed by atoms with Crippen LogP contribution in [0.15, 0.2) is 41.4 Å². The van der Waals surface area contributed by atoms with Gasteiger partial charge in [-0.1, -0.05) is 53.0 Å². The van der Waals surface area contributed by atoms with Crippen molar-refractivity contribution in [2.75, 3.05) is 20.1 Å². The van der Waals surface area contributed by atoms with Crippen molar-refractivity contribution < 1.29 is 4.79 Å². The number of halogens is 3.